The van der Waals surface area contributed by atoms with Crippen molar-refractivity contribution in [2.45, 2.75) is 38.1 Å². The molecule has 2 aliphatic rings. The summed E-state index contributed by atoms with van der Waals surface area (Å²) in [5.41, 5.74) is 0.706. The average Bonchev–Trinajstić information content (AvgIpc) is 3.37. The van der Waals surface area contributed by atoms with E-state index in [4.69, 9.17) is 4.74 Å². The number of aromatic nitrogens is 2. The normalized spacial score (nSPS) is 20.0. The fourth-order valence-electron chi connectivity index (χ4n) is 3.73. The monoisotopic (exact) mass is 354 g/mol. The van der Waals surface area contributed by atoms with Crippen LogP contribution in [0.15, 0.2) is 36.7 Å². The van der Waals surface area contributed by atoms with Gasteiger partial charge in [-0.05, 0) is 43.7 Å². The Bertz CT molecular complexity index is 769. The number of nitrogens with zero attached hydrogens (tertiary/aromatic N) is 3. The van der Waals surface area contributed by atoms with E-state index in [0.717, 1.165) is 37.7 Å². The number of urea groups is 1. The Labute approximate surface area is 154 Å². The van der Waals surface area contributed by atoms with E-state index >= 15 is 0 Å². The second kappa shape index (κ2) is 7.40. The van der Waals surface area contributed by atoms with E-state index in [-0.39, 0.29) is 6.03 Å². The second-order valence-corrected chi connectivity index (χ2v) is 7.30. The highest BCUT2D eigenvalue weighted by molar-refractivity contribution is 5.91. The lowest BCUT2D eigenvalue weighted by Gasteiger charge is -2.32. The molecule has 2 aromatic rings. The van der Waals surface area contributed by atoms with Gasteiger partial charge >= 0.3 is 6.03 Å². The van der Waals surface area contributed by atoms with Gasteiger partial charge in [0.15, 0.2) is 0 Å². The van der Waals surface area contributed by atoms with E-state index in [0.29, 0.717) is 23.9 Å². The standard InChI is InChI=1S/C20H26N4O2/c1-26-18-7-3-2-6-17(18)22-20(25)24-11-4-5-16(14-24)19-21-10-12-23(19)13-15-8-9-15/h2-3,6-7,10,12,15-16H,4-5,8-9,11,13-14H2,1H3,(H,22,25). The SMILES string of the molecule is COc1ccccc1NC(=O)N1CCCC(c2nccn2CC2CC2)C1. The third-order valence-corrected chi connectivity index (χ3v) is 5.32. The van der Waals surface area contributed by atoms with Crippen LogP contribution in [0.25, 0.3) is 0 Å². The number of amides is 2. The lowest BCUT2D eigenvalue weighted by molar-refractivity contribution is 0.190. The minimum Gasteiger partial charge on any atom is -0.495 e. The van der Waals surface area contributed by atoms with E-state index in [1.165, 1.54) is 12.8 Å². The highest BCUT2D eigenvalue weighted by Gasteiger charge is 2.29. The van der Waals surface area contributed by atoms with Gasteiger partial charge in [0.25, 0.3) is 0 Å². The molecule has 26 heavy (non-hydrogen) atoms. The molecule has 138 valence electrons. The van der Waals surface area contributed by atoms with Gasteiger partial charge in [-0.1, -0.05) is 12.1 Å². The Hall–Kier alpha value is -2.50. The maximum absolute atomic E-state index is 12.8. The molecular formula is C20H26N4O2. The summed E-state index contributed by atoms with van der Waals surface area (Å²) in [7, 11) is 1.61. The zero-order valence-corrected chi connectivity index (χ0v) is 15.2. The molecule has 1 N–H and O–H groups in total. The van der Waals surface area contributed by atoms with Gasteiger partial charge in [-0.25, -0.2) is 9.78 Å². The number of carbonyl (C=O) groups excluding carboxylic acids is 1. The summed E-state index contributed by atoms with van der Waals surface area (Å²) < 4.78 is 7.62. The van der Waals surface area contributed by atoms with Crippen LogP contribution in [0.2, 0.25) is 0 Å². The molecule has 6 nitrogen and oxygen atoms in total. The molecule has 0 spiro atoms. The van der Waals surface area contributed by atoms with Crippen molar-refractivity contribution in [2.75, 3.05) is 25.5 Å². The topological polar surface area (TPSA) is 59.4 Å². The van der Waals surface area contributed by atoms with Gasteiger partial charge in [0.2, 0.25) is 0 Å². The average molecular weight is 354 g/mol. The van der Waals surface area contributed by atoms with E-state index in [1.807, 2.05) is 35.4 Å². The molecular weight excluding hydrogens is 328 g/mol. The van der Waals surface area contributed by atoms with Crippen molar-refractivity contribution in [1.82, 2.24) is 14.5 Å². The first-order valence-electron chi connectivity index (χ1n) is 9.44. The summed E-state index contributed by atoms with van der Waals surface area (Å²) in [4.78, 5) is 19.3. The van der Waals surface area contributed by atoms with Crippen LogP contribution in [-0.4, -0.2) is 40.7 Å². The number of likely N-dealkylation sites (tertiary alicyclic amines) is 1. The maximum atomic E-state index is 12.8. The Kier molecular flexibility index (Phi) is 4.82. The van der Waals surface area contributed by atoms with Gasteiger partial charge in [-0.3, -0.25) is 0 Å². The number of carbonyl (C=O) groups is 1. The molecule has 2 heterocycles. The van der Waals surface area contributed by atoms with Crippen LogP contribution in [0, 0.1) is 5.92 Å². The molecule has 0 radical (unpaired) electrons. The van der Waals surface area contributed by atoms with Crippen LogP contribution < -0.4 is 10.1 Å². The lowest BCUT2D eigenvalue weighted by atomic mass is 9.97. The number of para-hydroxylation sites is 2. The van der Waals surface area contributed by atoms with E-state index < -0.39 is 0 Å². The van der Waals surface area contributed by atoms with Crippen molar-refractivity contribution in [3.63, 3.8) is 0 Å². The summed E-state index contributed by atoms with van der Waals surface area (Å²) in [6.45, 7) is 2.56. The number of ether oxygens (including phenoxy) is 1. The van der Waals surface area contributed by atoms with E-state index in [9.17, 15) is 4.79 Å². The predicted molar refractivity (Wildman–Crippen MR) is 101 cm³/mol. The largest absolute Gasteiger partial charge is 0.495 e. The Morgan fingerprint density at radius 2 is 2.15 bits per heavy atom. The number of piperidine rings is 1. The molecule has 1 aliphatic heterocycles. The molecule has 6 heteroatoms. The first kappa shape index (κ1) is 16.9. The molecule has 1 atom stereocenters. The highest BCUT2D eigenvalue weighted by atomic mass is 16.5. The molecule has 1 aliphatic carbocycles. The smallest absolute Gasteiger partial charge is 0.321 e. The van der Waals surface area contributed by atoms with Crippen molar-refractivity contribution >= 4 is 11.7 Å². The van der Waals surface area contributed by atoms with E-state index in [1.54, 1.807) is 7.11 Å². The summed E-state index contributed by atoms with van der Waals surface area (Å²) in [6, 6.07) is 7.43. The van der Waals surface area contributed by atoms with Crippen molar-refractivity contribution in [2.24, 2.45) is 5.92 Å². The van der Waals surface area contributed by atoms with Crippen molar-refractivity contribution < 1.29 is 9.53 Å². The molecule has 1 saturated heterocycles. The highest BCUT2D eigenvalue weighted by Crippen LogP contribution is 2.33. The quantitative estimate of drug-likeness (QED) is 0.890. The third-order valence-electron chi connectivity index (χ3n) is 5.32. The van der Waals surface area contributed by atoms with Crippen LogP contribution >= 0.6 is 0 Å². The fourth-order valence-corrected chi connectivity index (χ4v) is 3.73. The molecule has 1 aromatic heterocycles. The first-order chi connectivity index (χ1) is 12.7. The predicted octanol–water partition coefficient (Wildman–Crippen LogP) is 3.71. The minimum atomic E-state index is -0.0699. The van der Waals surface area contributed by atoms with Gasteiger partial charge in [0.05, 0.1) is 12.8 Å². The molecule has 4 rings (SSSR count). The number of imidazole rings is 1. The minimum absolute atomic E-state index is 0.0699. The molecule has 0 bridgehead atoms. The van der Waals surface area contributed by atoms with Gasteiger partial charge in [0.1, 0.15) is 11.6 Å². The number of nitrogens with one attached hydrogen (secondary N) is 1. The third kappa shape index (κ3) is 3.69. The van der Waals surface area contributed by atoms with Gasteiger partial charge in [-0.15, -0.1) is 0 Å². The van der Waals surface area contributed by atoms with Crippen LogP contribution in [0.5, 0.6) is 5.75 Å². The Balaban J connectivity index is 1.43. The zero-order valence-electron chi connectivity index (χ0n) is 15.2. The zero-order chi connectivity index (χ0) is 17.9. The Morgan fingerprint density at radius 1 is 1.31 bits per heavy atom. The van der Waals surface area contributed by atoms with Crippen LogP contribution in [-0.2, 0) is 6.54 Å². The van der Waals surface area contributed by atoms with Gasteiger partial charge in [-0.2, -0.15) is 0 Å². The number of rotatable bonds is 5. The van der Waals surface area contributed by atoms with Crippen molar-refractivity contribution in [3.8, 4) is 5.75 Å². The van der Waals surface area contributed by atoms with Gasteiger partial charge < -0.3 is 19.5 Å². The molecule has 2 fully saturated rings. The first-order valence-corrected chi connectivity index (χ1v) is 9.44. The van der Waals surface area contributed by atoms with Crippen LogP contribution in [0.3, 0.4) is 0 Å². The number of hydrogen-bond acceptors (Lipinski definition) is 3. The van der Waals surface area contributed by atoms with E-state index in [2.05, 4.69) is 21.1 Å². The Morgan fingerprint density at radius 3 is 2.96 bits per heavy atom. The summed E-state index contributed by atoms with van der Waals surface area (Å²) >= 11 is 0. The number of benzene rings is 1. The number of anilines is 1. The summed E-state index contributed by atoms with van der Waals surface area (Å²) in [6.07, 6.45) is 8.72. The molecule has 1 unspecified atom stereocenters. The fraction of sp³-hybridized carbons (Fsp3) is 0.500. The number of methoxy groups -OCH3 is 1. The van der Waals surface area contributed by atoms with Crippen molar-refractivity contribution in [3.05, 3.63) is 42.5 Å². The summed E-state index contributed by atoms with van der Waals surface area (Å²) in [5, 5.41) is 2.99. The lowest BCUT2D eigenvalue weighted by Crippen LogP contribution is -2.42. The van der Waals surface area contributed by atoms with Crippen LogP contribution in [0.4, 0.5) is 10.5 Å². The second-order valence-electron chi connectivity index (χ2n) is 7.30. The summed E-state index contributed by atoms with van der Waals surface area (Å²) in [5.74, 6) is 2.93. The molecule has 1 saturated carbocycles. The molecule has 1 aromatic carbocycles. The number of hydrogen-bond donors (Lipinski definition) is 1. The van der Waals surface area contributed by atoms with Crippen LogP contribution in [0.1, 0.15) is 37.4 Å². The van der Waals surface area contributed by atoms with Crippen molar-refractivity contribution in [1.29, 1.82) is 0 Å². The maximum Gasteiger partial charge on any atom is 0.321 e. The molecule has 2 amide bonds. The van der Waals surface area contributed by atoms with Gasteiger partial charge in [0, 0.05) is 37.9 Å².